The Morgan fingerprint density at radius 3 is 2.83 bits per heavy atom. The minimum Gasteiger partial charge on any atom is -0.263 e. The summed E-state index contributed by atoms with van der Waals surface area (Å²) in [6, 6.07) is 6.11. The lowest BCUT2D eigenvalue weighted by Crippen LogP contribution is -2.27. The van der Waals surface area contributed by atoms with Gasteiger partial charge in [0.2, 0.25) is 10.0 Å². The van der Waals surface area contributed by atoms with E-state index in [9.17, 15) is 8.42 Å². The number of hydrogen-bond acceptors (Lipinski definition) is 4. The molecule has 0 radical (unpaired) electrons. The number of sulfonamides is 1. The van der Waals surface area contributed by atoms with Crippen LogP contribution in [0.2, 0.25) is 0 Å². The summed E-state index contributed by atoms with van der Waals surface area (Å²) in [5, 5.41) is 4.36. The molecule has 2 aromatic heterocycles. The first-order valence-corrected chi connectivity index (χ1v) is 10.2. The van der Waals surface area contributed by atoms with Gasteiger partial charge in [-0.1, -0.05) is 6.92 Å². The van der Waals surface area contributed by atoms with Gasteiger partial charge in [-0.2, -0.15) is 5.10 Å². The second kappa shape index (κ2) is 7.03. The minimum atomic E-state index is -3.07. The highest BCUT2D eigenvalue weighted by Gasteiger charge is 2.28. The fourth-order valence-electron chi connectivity index (χ4n) is 3.28. The lowest BCUT2D eigenvalue weighted by atomic mass is 9.98. The van der Waals surface area contributed by atoms with Gasteiger partial charge in [-0.3, -0.25) is 9.67 Å². The number of nitrogens with zero attached hydrogens (tertiary/aromatic N) is 4. The summed E-state index contributed by atoms with van der Waals surface area (Å²) in [7, 11) is -3.07. The van der Waals surface area contributed by atoms with Crippen LogP contribution < -0.4 is 0 Å². The minimum absolute atomic E-state index is 0.371. The largest absolute Gasteiger partial charge is 0.263 e. The molecule has 1 aliphatic rings. The molecule has 7 heteroatoms. The lowest BCUT2D eigenvalue weighted by molar-refractivity contribution is 0.460. The van der Waals surface area contributed by atoms with E-state index in [-0.39, 0.29) is 0 Å². The highest BCUT2D eigenvalue weighted by molar-refractivity contribution is 7.88. The molecule has 1 atom stereocenters. The van der Waals surface area contributed by atoms with Crippen molar-refractivity contribution in [3.63, 3.8) is 0 Å². The first-order valence-electron chi connectivity index (χ1n) is 8.39. The molecule has 24 heavy (non-hydrogen) atoms. The summed E-state index contributed by atoms with van der Waals surface area (Å²) in [6.07, 6.45) is 7.74. The van der Waals surface area contributed by atoms with Gasteiger partial charge in [0.25, 0.3) is 0 Å². The van der Waals surface area contributed by atoms with Gasteiger partial charge in [-0.15, -0.1) is 0 Å². The van der Waals surface area contributed by atoms with Gasteiger partial charge in [0.05, 0.1) is 17.6 Å². The van der Waals surface area contributed by atoms with Crippen LogP contribution in [0.15, 0.2) is 30.6 Å². The third kappa shape index (κ3) is 3.84. The number of rotatable bonds is 6. The molecule has 130 valence electrons. The van der Waals surface area contributed by atoms with E-state index >= 15 is 0 Å². The van der Waals surface area contributed by atoms with Crippen LogP contribution in [0, 0.1) is 5.92 Å². The van der Waals surface area contributed by atoms with Gasteiger partial charge in [-0.05, 0) is 48.9 Å². The molecule has 0 N–H and O–H groups in total. The molecule has 2 aromatic rings. The Kier molecular flexibility index (Phi) is 5.01. The normalized spacial score (nSPS) is 19.0. The van der Waals surface area contributed by atoms with Crippen LogP contribution in [0.3, 0.4) is 0 Å². The van der Waals surface area contributed by atoms with Gasteiger partial charge in [0.15, 0.2) is 0 Å². The molecule has 6 nitrogen and oxygen atoms in total. The van der Waals surface area contributed by atoms with E-state index < -0.39 is 10.0 Å². The third-order valence-corrected chi connectivity index (χ3v) is 5.75. The first kappa shape index (κ1) is 17.1. The number of pyridine rings is 1. The number of aryl methyl sites for hydroxylation is 1. The van der Waals surface area contributed by atoms with Crippen molar-refractivity contribution in [1.29, 1.82) is 0 Å². The van der Waals surface area contributed by atoms with Crippen LogP contribution in [0.5, 0.6) is 0 Å². The predicted octanol–water partition coefficient (Wildman–Crippen LogP) is 2.18. The molecule has 0 amide bonds. The fraction of sp³-hybridized carbons (Fsp3) is 0.529. The lowest BCUT2D eigenvalue weighted by Gasteiger charge is -2.14. The Morgan fingerprint density at radius 2 is 2.12 bits per heavy atom. The van der Waals surface area contributed by atoms with Gasteiger partial charge in [-0.25, -0.2) is 12.7 Å². The zero-order chi connectivity index (χ0) is 17.2. The standard InChI is InChI=1S/C17H24N4O2S/c1-3-9-21-17(5-8-19-21)16-12-14(4-7-18-16)11-15-6-10-20(13-15)24(2,22)23/h4-5,7-8,12,15H,3,6,9-11,13H2,1-2H3. The van der Waals surface area contributed by atoms with Crippen LogP contribution in [0.25, 0.3) is 11.4 Å². The maximum absolute atomic E-state index is 11.6. The zero-order valence-electron chi connectivity index (χ0n) is 14.2. The van der Waals surface area contributed by atoms with Crippen molar-refractivity contribution < 1.29 is 8.42 Å². The Balaban J connectivity index is 1.73. The predicted molar refractivity (Wildman–Crippen MR) is 94.0 cm³/mol. The molecule has 0 bridgehead atoms. The molecule has 1 saturated heterocycles. The summed E-state index contributed by atoms with van der Waals surface area (Å²) in [5.74, 6) is 0.371. The van der Waals surface area contributed by atoms with E-state index in [4.69, 9.17) is 0 Å². The van der Waals surface area contributed by atoms with E-state index in [1.165, 1.54) is 11.8 Å². The molecule has 3 rings (SSSR count). The van der Waals surface area contributed by atoms with Gasteiger partial charge in [0.1, 0.15) is 0 Å². The van der Waals surface area contributed by atoms with Crippen molar-refractivity contribution >= 4 is 10.0 Å². The monoisotopic (exact) mass is 348 g/mol. The van der Waals surface area contributed by atoms with Gasteiger partial charge >= 0.3 is 0 Å². The van der Waals surface area contributed by atoms with E-state index in [0.717, 1.165) is 37.2 Å². The number of hydrogen-bond donors (Lipinski definition) is 0. The zero-order valence-corrected chi connectivity index (χ0v) is 15.0. The fourth-order valence-corrected chi connectivity index (χ4v) is 4.20. The second-order valence-electron chi connectivity index (χ2n) is 6.47. The Hall–Kier alpha value is -1.73. The van der Waals surface area contributed by atoms with E-state index in [0.29, 0.717) is 19.0 Å². The van der Waals surface area contributed by atoms with Crippen LogP contribution in [0.1, 0.15) is 25.3 Å². The van der Waals surface area contributed by atoms with Crippen molar-refractivity contribution in [2.75, 3.05) is 19.3 Å². The smallest absolute Gasteiger partial charge is 0.211 e. The average molecular weight is 348 g/mol. The molecular weight excluding hydrogens is 324 g/mol. The molecule has 1 unspecified atom stereocenters. The van der Waals surface area contributed by atoms with Gasteiger partial charge < -0.3 is 0 Å². The van der Waals surface area contributed by atoms with Gasteiger partial charge in [0, 0.05) is 32.0 Å². The van der Waals surface area contributed by atoms with Crippen LogP contribution in [0.4, 0.5) is 0 Å². The Bertz CT molecular complexity index is 800. The molecule has 0 saturated carbocycles. The molecule has 1 fully saturated rings. The van der Waals surface area contributed by atoms with Crippen molar-refractivity contribution in [3.05, 3.63) is 36.2 Å². The SMILES string of the molecule is CCCn1nccc1-c1cc(CC2CCN(S(C)(=O)=O)C2)ccn1. The van der Waals surface area contributed by atoms with Crippen LogP contribution in [-0.2, 0) is 23.0 Å². The van der Waals surface area contributed by atoms with Crippen molar-refractivity contribution in [1.82, 2.24) is 19.1 Å². The summed E-state index contributed by atoms with van der Waals surface area (Å²) >= 11 is 0. The topological polar surface area (TPSA) is 68.1 Å². The maximum Gasteiger partial charge on any atom is 0.211 e. The summed E-state index contributed by atoms with van der Waals surface area (Å²) in [5.41, 5.74) is 3.16. The molecule has 0 aromatic carbocycles. The highest BCUT2D eigenvalue weighted by atomic mass is 32.2. The summed E-state index contributed by atoms with van der Waals surface area (Å²) in [6.45, 7) is 4.25. The maximum atomic E-state index is 11.6. The first-order chi connectivity index (χ1) is 11.5. The van der Waals surface area contributed by atoms with E-state index in [2.05, 4.69) is 23.1 Å². The summed E-state index contributed by atoms with van der Waals surface area (Å²) in [4.78, 5) is 4.49. The molecule has 3 heterocycles. The molecule has 0 aliphatic carbocycles. The second-order valence-corrected chi connectivity index (χ2v) is 8.45. The van der Waals surface area contributed by atoms with E-state index in [1.54, 1.807) is 10.5 Å². The van der Waals surface area contributed by atoms with Crippen LogP contribution >= 0.6 is 0 Å². The average Bonchev–Trinajstić information content (AvgIpc) is 3.17. The number of aromatic nitrogens is 3. The Labute approximate surface area is 143 Å². The van der Waals surface area contributed by atoms with Crippen molar-refractivity contribution in [2.45, 2.75) is 32.7 Å². The highest BCUT2D eigenvalue weighted by Crippen LogP contribution is 2.24. The van der Waals surface area contributed by atoms with Crippen LogP contribution in [-0.4, -0.2) is 46.8 Å². The molecular formula is C17H24N4O2S. The van der Waals surface area contributed by atoms with Crippen molar-refractivity contribution in [2.24, 2.45) is 5.92 Å². The quantitative estimate of drug-likeness (QED) is 0.802. The van der Waals surface area contributed by atoms with Crippen molar-refractivity contribution in [3.8, 4) is 11.4 Å². The molecule has 0 spiro atoms. The van der Waals surface area contributed by atoms with E-state index in [1.807, 2.05) is 23.0 Å². The molecule has 1 aliphatic heterocycles. The summed E-state index contributed by atoms with van der Waals surface area (Å²) < 4.78 is 26.9. The third-order valence-electron chi connectivity index (χ3n) is 4.48. The Morgan fingerprint density at radius 1 is 1.29 bits per heavy atom.